The molecule has 0 saturated heterocycles. The maximum atomic E-state index is 12.3. The lowest BCUT2D eigenvalue weighted by Crippen LogP contribution is -2.45. The number of hydrogen-bond donors (Lipinski definition) is 5. The summed E-state index contributed by atoms with van der Waals surface area (Å²) in [5.41, 5.74) is 0. The van der Waals surface area contributed by atoms with E-state index >= 15 is 0 Å². The highest BCUT2D eigenvalue weighted by Gasteiger charge is 2.18. The molecule has 6 heteroatoms. The summed E-state index contributed by atoms with van der Waals surface area (Å²) < 4.78 is 0. The van der Waals surface area contributed by atoms with E-state index in [0.29, 0.717) is 19.3 Å². The monoisotopic (exact) mass is 582 g/mol. The molecule has 0 radical (unpaired) electrons. The zero-order chi connectivity index (χ0) is 30.4. The van der Waals surface area contributed by atoms with Gasteiger partial charge in [-0.25, -0.2) is 0 Å². The molecule has 0 rings (SSSR count). The smallest absolute Gasteiger partial charge is 0.220 e. The molecule has 0 unspecified atom stereocenters. The molecule has 0 aromatic carbocycles. The Balaban J connectivity index is 3.81. The van der Waals surface area contributed by atoms with Gasteiger partial charge in [0.1, 0.15) is 0 Å². The molecule has 0 aromatic rings. The van der Waals surface area contributed by atoms with Crippen molar-refractivity contribution in [1.29, 1.82) is 0 Å². The maximum Gasteiger partial charge on any atom is 0.220 e. The third kappa shape index (κ3) is 26.2. The predicted octanol–water partition coefficient (Wildman–Crippen LogP) is 7.67. The Labute approximate surface area is 253 Å². The van der Waals surface area contributed by atoms with E-state index in [1.807, 2.05) is 12.2 Å². The highest BCUT2D eigenvalue weighted by molar-refractivity contribution is 5.76. The summed E-state index contributed by atoms with van der Waals surface area (Å²) in [4.78, 5) is 12.3. The molecule has 0 saturated carbocycles. The van der Waals surface area contributed by atoms with E-state index in [1.165, 1.54) is 77.0 Å². The number of nitrogens with one attached hydrogen (secondary N) is 1. The second-order valence-electron chi connectivity index (χ2n) is 11.9. The fourth-order valence-corrected chi connectivity index (χ4v) is 5.02. The van der Waals surface area contributed by atoms with Crippen molar-refractivity contribution < 1.29 is 25.2 Å². The van der Waals surface area contributed by atoms with Crippen LogP contribution in [0.5, 0.6) is 0 Å². The zero-order valence-corrected chi connectivity index (χ0v) is 26.8. The van der Waals surface area contributed by atoms with Gasteiger partial charge in [-0.3, -0.25) is 4.79 Å². The minimum Gasteiger partial charge on any atom is -0.394 e. The van der Waals surface area contributed by atoms with Crippen LogP contribution in [0.1, 0.15) is 162 Å². The molecule has 0 aliphatic carbocycles. The Morgan fingerprint density at radius 2 is 1.15 bits per heavy atom. The predicted molar refractivity (Wildman–Crippen MR) is 173 cm³/mol. The maximum absolute atomic E-state index is 12.3. The SMILES string of the molecule is CCCCC/C=C\C[C@H](O)[C@@H](O)CCCCCCCC(=O)N[C@@H](CO)[C@H](O)/C=C/CCCCCCCCCCCC. The quantitative estimate of drug-likeness (QED) is 0.0442. The molecule has 0 aliphatic heterocycles. The first-order chi connectivity index (χ1) is 20.0. The van der Waals surface area contributed by atoms with Crippen molar-refractivity contribution in [3.05, 3.63) is 24.3 Å². The first kappa shape index (κ1) is 39.8. The number of carbonyl (C=O) groups excluding carboxylic acids is 1. The number of hydrogen-bond acceptors (Lipinski definition) is 5. The molecule has 0 spiro atoms. The third-order valence-corrected chi connectivity index (χ3v) is 7.88. The molecule has 0 aliphatic rings. The summed E-state index contributed by atoms with van der Waals surface area (Å²) >= 11 is 0. The van der Waals surface area contributed by atoms with Crippen LogP contribution in [-0.2, 0) is 4.79 Å². The minimum absolute atomic E-state index is 0.146. The van der Waals surface area contributed by atoms with Gasteiger partial charge in [-0.15, -0.1) is 0 Å². The number of amides is 1. The second-order valence-corrected chi connectivity index (χ2v) is 11.9. The lowest BCUT2D eigenvalue weighted by atomic mass is 10.0. The Hall–Kier alpha value is -1.21. The Kier molecular flexibility index (Phi) is 29.4. The Morgan fingerprint density at radius 1 is 0.634 bits per heavy atom. The van der Waals surface area contributed by atoms with Gasteiger partial charge in [0.25, 0.3) is 0 Å². The molecule has 5 N–H and O–H groups in total. The van der Waals surface area contributed by atoms with Crippen molar-refractivity contribution >= 4 is 5.91 Å². The Bertz CT molecular complexity index is 624. The van der Waals surface area contributed by atoms with Crippen molar-refractivity contribution in [2.24, 2.45) is 0 Å². The van der Waals surface area contributed by atoms with E-state index in [9.17, 15) is 25.2 Å². The molecule has 0 fully saturated rings. The molecule has 6 nitrogen and oxygen atoms in total. The molecule has 41 heavy (non-hydrogen) atoms. The van der Waals surface area contributed by atoms with Gasteiger partial charge in [0.2, 0.25) is 5.91 Å². The van der Waals surface area contributed by atoms with Crippen molar-refractivity contribution in [3.63, 3.8) is 0 Å². The van der Waals surface area contributed by atoms with Gasteiger partial charge < -0.3 is 25.7 Å². The average Bonchev–Trinajstić information content (AvgIpc) is 2.97. The normalized spacial score (nSPS) is 15.0. The van der Waals surface area contributed by atoms with E-state index in [1.54, 1.807) is 6.08 Å². The molecule has 0 bridgehead atoms. The Morgan fingerprint density at radius 3 is 1.78 bits per heavy atom. The first-order valence-electron chi connectivity index (χ1n) is 17.2. The summed E-state index contributed by atoms with van der Waals surface area (Å²) in [6.45, 7) is 4.14. The van der Waals surface area contributed by atoms with Gasteiger partial charge in [0, 0.05) is 6.42 Å². The van der Waals surface area contributed by atoms with Gasteiger partial charge in [-0.1, -0.05) is 134 Å². The minimum atomic E-state index is -0.884. The van der Waals surface area contributed by atoms with Crippen LogP contribution >= 0.6 is 0 Å². The van der Waals surface area contributed by atoms with Gasteiger partial charge in [0.15, 0.2) is 0 Å². The molecule has 242 valence electrons. The average molecular weight is 582 g/mol. The van der Waals surface area contributed by atoms with Crippen LogP contribution in [0, 0.1) is 0 Å². The topological polar surface area (TPSA) is 110 Å². The summed E-state index contributed by atoms with van der Waals surface area (Å²) in [5.74, 6) is -0.146. The van der Waals surface area contributed by atoms with E-state index in [-0.39, 0.29) is 12.5 Å². The molecular weight excluding hydrogens is 514 g/mol. The van der Waals surface area contributed by atoms with E-state index in [2.05, 4.69) is 25.2 Å². The van der Waals surface area contributed by atoms with Gasteiger partial charge in [0.05, 0.1) is 31.0 Å². The van der Waals surface area contributed by atoms with Crippen LogP contribution in [-0.4, -0.2) is 57.3 Å². The zero-order valence-electron chi connectivity index (χ0n) is 26.8. The summed E-state index contributed by atoms with van der Waals surface area (Å²) in [5, 5.41) is 43.0. The van der Waals surface area contributed by atoms with Crippen LogP contribution in [0.15, 0.2) is 24.3 Å². The van der Waals surface area contributed by atoms with Crippen LogP contribution in [0.25, 0.3) is 0 Å². The number of aliphatic hydroxyl groups excluding tert-OH is 4. The fourth-order valence-electron chi connectivity index (χ4n) is 5.02. The highest BCUT2D eigenvalue weighted by Crippen LogP contribution is 2.14. The standard InChI is InChI=1S/C35H67NO5/c1-3-5-7-9-11-12-13-14-15-16-19-22-26-32(38)31(30-37)36-35(41)29-25-21-17-20-24-28-34(40)33(39)27-23-18-10-8-6-4-2/h18,22-23,26,31-34,37-40H,3-17,19-21,24-25,27-30H2,1-2H3,(H,36,41)/b23-18-,26-22+/t31-,32+,33-,34-/m0/s1. The van der Waals surface area contributed by atoms with E-state index in [4.69, 9.17) is 0 Å². The number of aliphatic hydroxyl groups is 4. The van der Waals surface area contributed by atoms with Crippen molar-refractivity contribution in [2.75, 3.05) is 6.61 Å². The van der Waals surface area contributed by atoms with Gasteiger partial charge in [-0.05, 0) is 44.9 Å². The number of rotatable bonds is 30. The molecule has 0 aromatic heterocycles. The summed E-state index contributed by atoms with van der Waals surface area (Å²) in [6, 6.07) is -0.675. The molecular formula is C35H67NO5. The number of allylic oxidation sites excluding steroid dienone is 2. The van der Waals surface area contributed by atoms with Crippen LogP contribution in [0.3, 0.4) is 0 Å². The van der Waals surface area contributed by atoms with Crippen molar-refractivity contribution in [2.45, 2.75) is 186 Å². The van der Waals surface area contributed by atoms with Gasteiger partial charge in [-0.2, -0.15) is 0 Å². The second kappa shape index (κ2) is 30.3. The van der Waals surface area contributed by atoms with E-state index in [0.717, 1.165) is 51.4 Å². The van der Waals surface area contributed by atoms with Crippen molar-refractivity contribution in [1.82, 2.24) is 5.32 Å². The van der Waals surface area contributed by atoms with Crippen molar-refractivity contribution in [3.8, 4) is 0 Å². The van der Waals surface area contributed by atoms with Crippen LogP contribution in [0.2, 0.25) is 0 Å². The largest absolute Gasteiger partial charge is 0.394 e. The highest BCUT2D eigenvalue weighted by atomic mass is 16.3. The summed E-state index contributed by atoms with van der Waals surface area (Å²) in [7, 11) is 0. The van der Waals surface area contributed by atoms with E-state index < -0.39 is 24.4 Å². The summed E-state index contributed by atoms with van der Waals surface area (Å²) in [6.07, 6.45) is 29.9. The molecule has 0 heterocycles. The lowest BCUT2D eigenvalue weighted by Gasteiger charge is -2.20. The third-order valence-electron chi connectivity index (χ3n) is 7.88. The fraction of sp³-hybridized carbons (Fsp3) is 0.857. The number of unbranched alkanes of at least 4 members (excludes halogenated alkanes) is 17. The number of carbonyl (C=O) groups is 1. The first-order valence-corrected chi connectivity index (χ1v) is 17.2. The molecule has 4 atom stereocenters. The lowest BCUT2D eigenvalue weighted by molar-refractivity contribution is -0.123. The van der Waals surface area contributed by atoms with Crippen LogP contribution < -0.4 is 5.32 Å². The van der Waals surface area contributed by atoms with Gasteiger partial charge >= 0.3 is 0 Å². The van der Waals surface area contributed by atoms with Crippen LogP contribution in [0.4, 0.5) is 0 Å². The molecule has 1 amide bonds.